The normalized spacial score (nSPS) is 10.1. The zero-order chi connectivity index (χ0) is 8.27. The Hall–Kier alpha value is -0.860. The maximum atomic E-state index is 8.88. The van der Waals surface area contributed by atoms with Crippen LogP contribution in [0.25, 0.3) is 0 Å². The molecule has 0 fully saturated rings. The fourth-order valence-corrected chi connectivity index (χ4v) is 1.04. The van der Waals surface area contributed by atoms with Gasteiger partial charge in [0.05, 0.1) is 13.2 Å². The largest absolute Gasteiger partial charge is 0.392 e. The van der Waals surface area contributed by atoms with Crippen molar-refractivity contribution in [2.45, 2.75) is 13.2 Å². The van der Waals surface area contributed by atoms with Crippen molar-refractivity contribution in [3.05, 3.63) is 41.8 Å². The van der Waals surface area contributed by atoms with Crippen molar-refractivity contribution in [3.63, 3.8) is 0 Å². The van der Waals surface area contributed by atoms with E-state index >= 15 is 0 Å². The van der Waals surface area contributed by atoms with Crippen molar-refractivity contribution in [1.82, 2.24) is 0 Å². The molecule has 1 rings (SSSR count). The predicted molar refractivity (Wildman–Crippen MR) is 42.7 cm³/mol. The number of aliphatic hydroxyl groups excluding tert-OH is 2. The van der Waals surface area contributed by atoms with Gasteiger partial charge in [0.1, 0.15) is 0 Å². The Morgan fingerprint density at radius 1 is 1.18 bits per heavy atom. The van der Waals surface area contributed by atoms with Crippen LogP contribution in [-0.2, 0) is 13.2 Å². The lowest BCUT2D eigenvalue weighted by Gasteiger charge is -2.06. The van der Waals surface area contributed by atoms with E-state index < -0.39 is 0 Å². The van der Waals surface area contributed by atoms with Crippen LogP contribution in [0.1, 0.15) is 16.7 Å². The van der Waals surface area contributed by atoms with Gasteiger partial charge in [-0.25, -0.2) is 0 Å². The summed E-state index contributed by atoms with van der Waals surface area (Å²) in [4.78, 5) is 0. The smallest absolute Gasteiger partial charge is 0.0688 e. The Morgan fingerprint density at radius 3 is 2.36 bits per heavy atom. The molecule has 2 N–H and O–H groups in total. The zero-order valence-electron chi connectivity index (χ0n) is 6.25. The number of benzene rings is 1. The number of hydrogen-bond donors (Lipinski definition) is 2. The third kappa shape index (κ3) is 1.59. The molecule has 59 valence electrons. The maximum Gasteiger partial charge on any atom is 0.0688 e. The SMILES string of the molecule is [CH2]c1cccc(CO)c1CO. The van der Waals surface area contributed by atoms with Gasteiger partial charge in [-0.15, -0.1) is 0 Å². The average Bonchev–Trinajstić information content (AvgIpc) is 2.04. The third-order valence-electron chi connectivity index (χ3n) is 1.70. The summed E-state index contributed by atoms with van der Waals surface area (Å²) in [5.41, 5.74) is 2.26. The molecule has 0 atom stereocenters. The van der Waals surface area contributed by atoms with Crippen molar-refractivity contribution in [1.29, 1.82) is 0 Å². The standard InChI is InChI=1S/C9H11O2/c1-7-3-2-4-8(5-10)9(7)6-11/h2-4,10-11H,1,5-6H2. The van der Waals surface area contributed by atoms with Crippen LogP contribution in [0, 0.1) is 6.92 Å². The quantitative estimate of drug-likeness (QED) is 0.658. The van der Waals surface area contributed by atoms with Gasteiger partial charge in [-0.1, -0.05) is 18.2 Å². The lowest BCUT2D eigenvalue weighted by Crippen LogP contribution is -1.96. The summed E-state index contributed by atoms with van der Waals surface area (Å²) < 4.78 is 0. The highest BCUT2D eigenvalue weighted by Crippen LogP contribution is 2.13. The highest BCUT2D eigenvalue weighted by Gasteiger charge is 2.01. The molecule has 11 heavy (non-hydrogen) atoms. The van der Waals surface area contributed by atoms with E-state index in [0.717, 1.165) is 16.7 Å². The van der Waals surface area contributed by atoms with E-state index in [1.54, 1.807) is 6.07 Å². The van der Waals surface area contributed by atoms with Gasteiger partial charge in [0, 0.05) is 0 Å². The second-order valence-electron chi connectivity index (χ2n) is 2.37. The number of rotatable bonds is 2. The predicted octanol–water partition coefficient (Wildman–Crippen LogP) is 0.853. The summed E-state index contributed by atoms with van der Waals surface area (Å²) in [5.74, 6) is 0. The molecule has 0 bridgehead atoms. The summed E-state index contributed by atoms with van der Waals surface area (Å²) in [5, 5.41) is 17.7. The average molecular weight is 151 g/mol. The second-order valence-corrected chi connectivity index (χ2v) is 2.37. The Balaban J connectivity index is 3.13. The Bertz CT molecular complexity index is 243. The van der Waals surface area contributed by atoms with Crippen LogP contribution in [0.5, 0.6) is 0 Å². The lowest BCUT2D eigenvalue weighted by atomic mass is 10.0. The maximum absolute atomic E-state index is 8.88. The number of aliphatic hydroxyl groups is 2. The van der Waals surface area contributed by atoms with Crippen LogP contribution in [0.3, 0.4) is 0 Å². The van der Waals surface area contributed by atoms with Crippen LogP contribution in [0.4, 0.5) is 0 Å². The lowest BCUT2D eigenvalue weighted by molar-refractivity contribution is 0.259. The van der Waals surface area contributed by atoms with Crippen LogP contribution in [0.2, 0.25) is 0 Å². The first kappa shape index (κ1) is 8.24. The summed E-state index contributed by atoms with van der Waals surface area (Å²) in [6.07, 6.45) is 0. The molecule has 0 amide bonds. The summed E-state index contributed by atoms with van der Waals surface area (Å²) in [7, 11) is 0. The molecule has 0 saturated carbocycles. The Labute approximate surface area is 66.1 Å². The summed E-state index contributed by atoms with van der Waals surface area (Å²) in [6, 6.07) is 5.40. The van der Waals surface area contributed by atoms with Gasteiger partial charge >= 0.3 is 0 Å². The minimum atomic E-state index is -0.0600. The fourth-order valence-electron chi connectivity index (χ4n) is 1.04. The first-order chi connectivity index (χ1) is 5.29. The van der Waals surface area contributed by atoms with Gasteiger partial charge in [-0.3, -0.25) is 0 Å². The summed E-state index contributed by atoms with van der Waals surface area (Å²) >= 11 is 0. The minimum Gasteiger partial charge on any atom is -0.392 e. The topological polar surface area (TPSA) is 40.5 Å². The van der Waals surface area contributed by atoms with Crippen LogP contribution >= 0.6 is 0 Å². The monoisotopic (exact) mass is 151 g/mol. The molecule has 0 heterocycles. The van der Waals surface area contributed by atoms with E-state index in [1.807, 2.05) is 12.1 Å². The highest BCUT2D eigenvalue weighted by molar-refractivity contribution is 5.35. The van der Waals surface area contributed by atoms with Gasteiger partial charge in [-0.05, 0) is 23.6 Å². The van der Waals surface area contributed by atoms with E-state index in [-0.39, 0.29) is 13.2 Å². The fraction of sp³-hybridized carbons (Fsp3) is 0.222. The zero-order valence-corrected chi connectivity index (χ0v) is 6.25. The van der Waals surface area contributed by atoms with Gasteiger partial charge in [0.15, 0.2) is 0 Å². The highest BCUT2D eigenvalue weighted by atomic mass is 16.3. The Kier molecular flexibility index (Phi) is 2.63. The molecule has 1 aromatic carbocycles. The molecule has 0 aromatic heterocycles. The van der Waals surface area contributed by atoms with Crippen LogP contribution < -0.4 is 0 Å². The third-order valence-corrected chi connectivity index (χ3v) is 1.70. The van der Waals surface area contributed by atoms with Crippen LogP contribution in [-0.4, -0.2) is 10.2 Å². The van der Waals surface area contributed by atoms with Crippen molar-refractivity contribution in [2.75, 3.05) is 0 Å². The van der Waals surface area contributed by atoms with E-state index in [1.165, 1.54) is 0 Å². The molecule has 2 nitrogen and oxygen atoms in total. The molecule has 2 heteroatoms. The Morgan fingerprint density at radius 2 is 1.91 bits per heavy atom. The van der Waals surface area contributed by atoms with E-state index in [2.05, 4.69) is 6.92 Å². The molecule has 0 spiro atoms. The van der Waals surface area contributed by atoms with E-state index in [9.17, 15) is 0 Å². The molecule has 1 radical (unpaired) electrons. The molecular formula is C9H11O2. The van der Waals surface area contributed by atoms with Crippen molar-refractivity contribution >= 4 is 0 Å². The van der Waals surface area contributed by atoms with Crippen molar-refractivity contribution in [2.24, 2.45) is 0 Å². The van der Waals surface area contributed by atoms with Crippen LogP contribution in [0.15, 0.2) is 18.2 Å². The minimum absolute atomic E-state index is 0.0424. The van der Waals surface area contributed by atoms with E-state index in [4.69, 9.17) is 10.2 Å². The van der Waals surface area contributed by atoms with Gasteiger partial charge < -0.3 is 10.2 Å². The molecule has 0 aliphatic rings. The molecular weight excluding hydrogens is 140 g/mol. The molecule has 0 aliphatic carbocycles. The molecule has 0 saturated heterocycles. The number of hydrogen-bond acceptors (Lipinski definition) is 2. The van der Waals surface area contributed by atoms with Gasteiger partial charge in [-0.2, -0.15) is 0 Å². The van der Waals surface area contributed by atoms with Gasteiger partial charge in [0.2, 0.25) is 0 Å². The molecule has 1 aromatic rings. The second kappa shape index (κ2) is 3.51. The molecule has 0 unspecified atom stereocenters. The summed E-state index contributed by atoms with van der Waals surface area (Å²) in [6.45, 7) is 3.63. The van der Waals surface area contributed by atoms with Gasteiger partial charge in [0.25, 0.3) is 0 Å². The first-order valence-electron chi connectivity index (χ1n) is 3.44. The van der Waals surface area contributed by atoms with E-state index in [0.29, 0.717) is 0 Å². The van der Waals surface area contributed by atoms with Crippen molar-refractivity contribution in [3.8, 4) is 0 Å². The van der Waals surface area contributed by atoms with Crippen molar-refractivity contribution < 1.29 is 10.2 Å². The first-order valence-corrected chi connectivity index (χ1v) is 3.44. The molecule has 0 aliphatic heterocycles.